The number of hydrogen-bond acceptors (Lipinski definition) is 2. The van der Waals surface area contributed by atoms with E-state index in [9.17, 15) is 19.0 Å². The first-order valence-corrected chi connectivity index (χ1v) is 5.64. The molecule has 0 saturated carbocycles. The van der Waals surface area contributed by atoms with E-state index in [1.807, 2.05) is 13.8 Å². The Morgan fingerprint density at radius 1 is 1.18 bits per heavy atom. The fraction of sp³-hybridized carbons (Fsp3) is 0.538. The molecule has 0 fully saturated rings. The van der Waals surface area contributed by atoms with E-state index in [-0.39, 0.29) is 17.9 Å². The van der Waals surface area contributed by atoms with Crippen molar-refractivity contribution in [2.45, 2.75) is 45.6 Å². The lowest BCUT2D eigenvalue weighted by atomic mass is 9.94. The summed E-state index contributed by atoms with van der Waals surface area (Å²) in [6, 6.07) is 3.01. The molecule has 1 unspecified atom stereocenters. The highest BCUT2D eigenvalue weighted by Crippen LogP contribution is 2.35. The number of aliphatic hydroxyl groups is 1. The van der Waals surface area contributed by atoms with Crippen LogP contribution in [0.1, 0.15) is 49.8 Å². The van der Waals surface area contributed by atoms with E-state index >= 15 is 0 Å². The highest BCUT2D eigenvalue weighted by atomic mass is 19.3. The van der Waals surface area contributed by atoms with Crippen molar-refractivity contribution in [3.8, 4) is 5.75 Å². The van der Waals surface area contributed by atoms with Crippen molar-refractivity contribution in [3.05, 3.63) is 28.8 Å². The van der Waals surface area contributed by atoms with Gasteiger partial charge in [-0.3, -0.25) is 0 Å². The Morgan fingerprint density at radius 2 is 1.76 bits per heavy atom. The summed E-state index contributed by atoms with van der Waals surface area (Å²) in [5.74, 6) is -0.300. The molecule has 0 saturated heterocycles. The quantitative estimate of drug-likeness (QED) is 0.852. The van der Waals surface area contributed by atoms with Gasteiger partial charge in [-0.1, -0.05) is 19.9 Å². The van der Waals surface area contributed by atoms with Crippen molar-refractivity contribution in [2.24, 2.45) is 0 Å². The van der Waals surface area contributed by atoms with Crippen LogP contribution in [0.5, 0.6) is 5.75 Å². The summed E-state index contributed by atoms with van der Waals surface area (Å²) < 4.78 is 25.5. The smallest absolute Gasteiger partial charge is 0.267 e. The van der Waals surface area contributed by atoms with Crippen molar-refractivity contribution in [2.75, 3.05) is 0 Å². The summed E-state index contributed by atoms with van der Waals surface area (Å²) in [6.45, 7) is 5.35. The van der Waals surface area contributed by atoms with E-state index in [1.54, 1.807) is 13.0 Å². The van der Waals surface area contributed by atoms with Crippen LogP contribution in [0.4, 0.5) is 8.78 Å². The van der Waals surface area contributed by atoms with E-state index in [0.29, 0.717) is 5.56 Å². The lowest BCUT2D eigenvalue weighted by molar-refractivity contribution is 0.146. The van der Waals surface area contributed by atoms with Crippen molar-refractivity contribution in [1.82, 2.24) is 0 Å². The van der Waals surface area contributed by atoms with Gasteiger partial charge < -0.3 is 10.2 Å². The maximum absolute atomic E-state index is 12.8. The van der Waals surface area contributed by atoms with Gasteiger partial charge in [-0.05, 0) is 30.0 Å². The van der Waals surface area contributed by atoms with E-state index in [1.165, 1.54) is 6.07 Å². The molecule has 0 aliphatic carbocycles. The molecule has 2 N–H and O–H groups in total. The number of aliphatic hydroxyl groups excluding tert-OH is 1. The minimum absolute atomic E-state index is 0.0980. The van der Waals surface area contributed by atoms with Gasteiger partial charge in [0.25, 0.3) is 6.43 Å². The van der Waals surface area contributed by atoms with Crippen LogP contribution >= 0.6 is 0 Å². The second-order valence-electron chi connectivity index (χ2n) is 4.63. The lowest BCUT2D eigenvalue weighted by Gasteiger charge is -2.15. The Kier molecular flexibility index (Phi) is 4.46. The van der Waals surface area contributed by atoms with Crippen LogP contribution in [0, 0.1) is 0 Å². The molecule has 0 amide bonds. The zero-order chi connectivity index (χ0) is 13.2. The average molecular weight is 244 g/mol. The van der Waals surface area contributed by atoms with Crippen LogP contribution in [0.3, 0.4) is 0 Å². The van der Waals surface area contributed by atoms with Crippen molar-refractivity contribution < 1.29 is 19.0 Å². The summed E-state index contributed by atoms with van der Waals surface area (Å²) in [4.78, 5) is 0. The largest absolute Gasteiger partial charge is 0.507 e. The monoisotopic (exact) mass is 244 g/mol. The first-order chi connectivity index (χ1) is 7.82. The van der Waals surface area contributed by atoms with Gasteiger partial charge in [0.15, 0.2) is 0 Å². The second kappa shape index (κ2) is 5.45. The van der Waals surface area contributed by atoms with E-state index in [2.05, 4.69) is 0 Å². The topological polar surface area (TPSA) is 40.5 Å². The average Bonchev–Trinajstić information content (AvgIpc) is 2.19. The number of hydrogen-bond donors (Lipinski definition) is 2. The molecular weight excluding hydrogens is 226 g/mol. The summed E-state index contributed by atoms with van der Waals surface area (Å²) in [6.07, 6.45) is -3.21. The highest BCUT2D eigenvalue weighted by molar-refractivity contribution is 5.45. The summed E-state index contributed by atoms with van der Waals surface area (Å²) in [5, 5.41) is 19.0. The van der Waals surface area contributed by atoms with Gasteiger partial charge in [0.2, 0.25) is 0 Å². The molecule has 1 aromatic carbocycles. The number of rotatable bonds is 4. The molecule has 1 rings (SSSR count). The van der Waals surface area contributed by atoms with E-state index in [0.717, 1.165) is 5.56 Å². The molecule has 0 aromatic heterocycles. The summed E-state index contributed by atoms with van der Waals surface area (Å²) in [7, 11) is 0. The third kappa shape index (κ3) is 3.40. The molecule has 0 aliphatic heterocycles. The molecule has 4 heteroatoms. The van der Waals surface area contributed by atoms with Crippen LogP contribution in [-0.4, -0.2) is 16.3 Å². The van der Waals surface area contributed by atoms with Gasteiger partial charge in [0, 0.05) is 6.42 Å². The summed E-state index contributed by atoms with van der Waals surface area (Å²) >= 11 is 0. The number of phenolic OH excluding ortho intramolecular Hbond substituents is 1. The van der Waals surface area contributed by atoms with Gasteiger partial charge in [0.1, 0.15) is 5.75 Å². The Balaban J connectivity index is 3.27. The summed E-state index contributed by atoms with van der Waals surface area (Å²) in [5.41, 5.74) is 0.766. The van der Waals surface area contributed by atoms with Crippen LogP contribution in [0.25, 0.3) is 0 Å². The number of benzene rings is 1. The van der Waals surface area contributed by atoms with E-state index in [4.69, 9.17) is 0 Å². The van der Waals surface area contributed by atoms with Crippen LogP contribution in [0.15, 0.2) is 12.1 Å². The number of alkyl halides is 2. The van der Waals surface area contributed by atoms with Gasteiger partial charge >= 0.3 is 0 Å². The molecule has 96 valence electrons. The number of halogens is 2. The van der Waals surface area contributed by atoms with Crippen molar-refractivity contribution in [1.29, 1.82) is 0 Å². The molecule has 1 atom stereocenters. The first kappa shape index (κ1) is 13.9. The Labute approximate surface area is 99.9 Å². The molecule has 17 heavy (non-hydrogen) atoms. The minimum atomic E-state index is -2.71. The maximum Gasteiger partial charge on any atom is 0.267 e. The fourth-order valence-electron chi connectivity index (χ4n) is 1.72. The molecule has 2 nitrogen and oxygen atoms in total. The molecular formula is C13H18F2O2. The van der Waals surface area contributed by atoms with Gasteiger partial charge in [-0.15, -0.1) is 0 Å². The van der Waals surface area contributed by atoms with Crippen molar-refractivity contribution >= 4 is 0 Å². The number of phenols is 1. The first-order valence-electron chi connectivity index (χ1n) is 5.64. The Bertz CT molecular complexity index is 387. The van der Waals surface area contributed by atoms with Gasteiger partial charge in [-0.25, -0.2) is 8.78 Å². The maximum atomic E-state index is 12.8. The molecule has 0 heterocycles. The van der Waals surface area contributed by atoms with Gasteiger partial charge in [0.05, 0.1) is 11.7 Å². The Morgan fingerprint density at radius 3 is 2.18 bits per heavy atom. The molecule has 0 spiro atoms. The second-order valence-corrected chi connectivity index (χ2v) is 4.63. The SMILES string of the molecule is CC(O)Cc1cc(C(C)C)cc(C(F)F)c1O. The van der Waals surface area contributed by atoms with Gasteiger partial charge in [-0.2, -0.15) is 0 Å². The molecule has 0 radical (unpaired) electrons. The lowest BCUT2D eigenvalue weighted by Crippen LogP contribution is -2.06. The predicted molar refractivity (Wildman–Crippen MR) is 62.5 cm³/mol. The molecule has 0 bridgehead atoms. The zero-order valence-electron chi connectivity index (χ0n) is 10.2. The number of aromatic hydroxyl groups is 1. The van der Waals surface area contributed by atoms with Crippen LogP contribution in [-0.2, 0) is 6.42 Å². The standard InChI is InChI=1S/C13H18F2O2/c1-7(2)9-5-10(4-8(3)16)12(17)11(6-9)13(14)15/h5-8,13,16-17H,4H2,1-3H3. The third-order valence-corrected chi connectivity index (χ3v) is 2.66. The van der Waals surface area contributed by atoms with Crippen LogP contribution < -0.4 is 0 Å². The molecule has 1 aromatic rings. The minimum Gasteiger partial charge on any atom is -0.507 e. The van der Waals surface area contributed by atoms with E-state index < -0.39 is 18.3 Å². The normalized spacial score (nSPS) is 13.4. The molecule has 0 aliphatic rings. The third-order valence-electron chi connectivity index (χ3n) is 2.66. The fourth-order valence-corrected chi connectivity index (χ4v) is 1.72. The van der Waals surface area contributed by atoms with Crippen molar-refractivity contribution in [3.63, 3.8) is 0 Å². The van der Waals surface area contributed by atoms with Crippen LogP contribution in [0.2, 0.25) is 0 Å². The Hall–Kier alpha value is -1.16. The highest BCUT2D eigenvalue weighted by Gasteiger charge is 2.19. The zero-order valence-corrected chi connectivity index (χ0v) is 10.2. The predicted octanol–water partition coefficient (Wildman–Crippen LogP) is 3.38.